The number of benzene rings is 1. The highest BCUT2D eigenvalue weighted by molar-refractivity contribution is 6.29. The summed E-state index contributed by atoms with van der Waals surface area (Å²) in [6, 6.07) is 6.35. The number of nitrogens with zero attached hydrogens (tertiary/aromatic N) is 4. The molecule has 1 fully saturated rings. The summed E-state index contributed by atoms with van der Waals surface area (Å²) in [6.07, 6.45) is -4.56. The minimum atomic E-state index is -4.56. The quantitative estimate of drug-likeness (QED) is 0.686. The second-order valence-corrected chi connectivity index (χ2v) is 6.15. The molecule has 26 heavy (non-hydrogen) atoms. The number of ether oxygens (including phenoxy) is 1. The standard InChI is InChI=1S/C16H13ClF3N5O/c17-12-8-11(22-15(23-12)25-4-6-26-7-5-25)9-2-1-3-10-13(9)24-14(21-10)16(18,19)20/h1-3,8H,4-7H2,(H,21,24). The lowest BCUT2D eigenvalue weighted by molar-refractivity contribution is -0.144. The fourth-order valence-electron chi connectivity index (χ4n) is 2.82. The summed E-state index contributed by atoms with van der Waals surface area (Å²) < 4.78 is 44.2. The second kappa shape index (κ2) is 6.40. The van der Waals surface area contributed by atoms with Gasteiger partial charge < -0.3 is 14.6 Å². The molecule has 0 saturated carbocycles. The monoisotopic (exact) mass is 383 g/mol. The van der Waals surface area contributed by atoms with Crippen LogP contribution >= 0.6 is 11.6 Å². The second-order valence-electron chi connectivity index (χ2n) is 5.76. The number of hydrogen-bond donors (Lipinski definition) is 1. The Kier molecular flexibility index (Phi) is 4.20. The maximum absolute atomic E-state index is 13.0. The third-order valence-corrected chi connectivity index (χ3v) is 4.23. The van der Waals surface area contributed by atoms with Crippen molar-refractivity contribution in [3.05, 3.63) is 35.2 Å². The van der Waals surface area contributed by atoms with Gasteiger partial charge in [0, 0.05) is 24.7 Å². The summed E-state index contributed by atoms with van der Waals surface area (Å²) in [5, 5.41) is 0.208. The highest BCUT2D eigenvalue weighted by atomic mass is 35.5. The van der Waals surface area contributed by atoms with E-state index in [4.69, 9.17) is 16.3 Å². The number of aromatic amines is 1. The number of aromatic nitrogens is 4. The van der Waals surface area contributed by atoms with Gasteiger partial charge in [-0.3, -0.25) is 0 Å². The lowest BCUT2D eigenvalue weighted by atomic mass is 10.1. The van der Waals surface area contributed by atoms with Gasteiger partial charge in [-0.2, -0.15) is 13.2 Å². The van der Waals surface area contributed by atoms with Gasteiger partial charge in [0.15, 0.2) is 0 Å². The molecule has 10 heteroatoms. The molecular formula is C16H13ClF3N5O. The third-order valence-electron chi connectivity index (χ3n) is 4.03. The summed E-state index contributed by atoms with van der Waals surface area (Å²) >= 11 is 6.13. The van der Waals surface area contributed by atoms with Crippen LogP contribution in [0.3, 0.4) is 0 Å². The largest absolute Gasteiger partial charge is 0.449 e. The molecule has 1 aliphatic heterocycles. The van der Waals surface area contributed by atoms with E-state index in [1.54, 1.807) is 12.1 Å². The van der Waals surface area contributed by atoms with E-state index in [9.17, 15) is 13.2 Å². The fraction of sp³-hybridized carbons (Fsp3) is 0.312. The molecule has 6 nitrogen and oxygen atoms in total. The molecule has 0 bridgehead atoms. The Bertz CT molecular complexity index is 953. The van der Waals surface area contributed by atoms with Crippen molar-refractivity contribution in [3.63, 3.8) is 0 Å². The van der Waals surface area contributed by atoms with Crippen LogP contribution < -0.4 is 4.90 Å². The topological polar surface area (TPSA) is 66.9 Å². The van der Waals surface area contributed by atoms with E-state index in [0.717, 1.165) is 0 Å². The molecule has 0 radical (unpaired) electrons. The minimum Gasteiger partial charge on any atom is -0.378 e. The molecule has 2 aromatic heterocycles. The number of fused-ring (bicyclic) bond motifs is 1. The molecule has 0 unspecified atom stereocenters. The van der Waals surface area contributed by atoms with Gasteiger partial charge in [-0.25, -0.2) is 15.0 Å². The first-order chi connectivity index (χ1) is 12.4. The van der Waals surface area contributed by atoms with Crippen molar-refractivity contribution in [3.8, 4) is 11.3 Å². The highest BCUT2D eigenvalue weighted by Gasteiger charge is 2.35. The minimum absolute atomic E-state index is 0.183. The van der Waals surface area contributed by atoms with Gasteiger partial charge in [-0.05, 0) is 6.07 Å². The molecule has 1 aromatic carbocycles. The van der Waals surface area contributed by atoms with Crippen molar-refractivity contribution < 1.29 is 17.9 Å². The first-order valence-electron chi connectivity index (χ1n) is 7.85. The zero-order chi connectivity index (χ0) is 18.3. The van der Waals surface area contributed by atoms with E-state index in [0.29, 0.717) is 43.5 Å². The van der Waals surface area contributed by atoms with Gasteiger partial charge in [0.25, 0.3) is 0 Å². The number of anilines is 1. The van der Waals surface area contributed by atoms with E-state index in [2.05, 4.69) is 19.9 Å². The van der Waals surface area contributed by atoms with Crippen LogP contribution in [-0.2, 0) is 10.9 Å². The number of imidazole rings is 1. The maximum Gasteiger partial charge on any atom is 0.449 e. The van der Waals surface area contributed by atoms with Crippen molar-refractivity contribution in [2.75, 3.05) is 31.2 Å². The van der Waals surface area contributed by atoms with Gasteiger partial charge in [0.2, 0.25) is 11.8 Å². The SMILES string of the molecule is FC(F)(F)c1nc2c(-c3cc(Cl)nc(N4CCOCC4)n3)cccc2[nH]1. The molecular weight excluding hydrogens is 371 g/mol. The van der Waals surface area contributed by atoms with Gasteiger partial charge in [-0.15, -0.1) is 0 Å². The molecule has 1 saturated heterocycles. The highest BCUT2D eigenvalue weighted by Crippen LogP contribution is 2.33. The average Bonchev–Trinajstić information content (AvgIpc) is 3.06. The number of nitrogens with one attached hydrogen (secondary N) is 1. The maximum atomic E-state index is 13.0. The number of halogens is 4. The van der Waals surface area contributed by atoms with Crippen molar-refractivity contribution in [1.82, 2.24) is 19.9 Å². The van der Waals surface area contributed by atoms with E-state index < -0.39 is 12.0 Å². The molecule has 0 atom stereocenters. The summed E-state index contributed by atoms with van der Waals surface area (Å²) in [6.45, 7) is 2.33. The van der Waals surface area contributed by atoms with Crippen molar-refractivity contribution >= 4 is 28.6 Å². The lowest BCUT2D eigenvalue weighted by Gasteiger charge is -2.27. The normalized spacial score (nSPS) is 15.6. The van der Waals surface area contributed by atoms with Crippen LogP contribution in [0, 0.1) is 0 Å². The Morgan fingerprint density at radius 2 is 1.88 bits per heavy atom. The molecule has 0 amide bonds. The van der Waals surface area contributed by atoms with E-state index >= 15 is 0 Å². The Hall–Kier alpha value is -2.39. The smallest absolute Gasteiger partial charge is 0.378 e. The summed E-state index contributed by atoms with van der Waals surface area (Å²) in [4.78, 5) is 16.6. The van der Waals surface area contributed by atoms with Gasteiger partial charge in [0.1, 0.15) is 5.15 Å². The van der Waals surface area contributed by atoms with Crippen LogP contribution in [0.5, 0.6) is 0 Å². The summed E-state index contributed by atoms with van der Waals surface area (Å²) in [7, 11) is 0. The van der Waals surface area contributed by atoms with Gasteiger partial charge in [-0.1, -0.05) is 23.7 Å². The van der Waals surface area contributed by atoms with Crippen LogP contribution in [-0.4, -0.2) is 46.2 Å². The predicted octanol–water partition coefficient (Wildman–Crippen LogP) is 3.53. The van der Waals surface area contributed by atoms with Crippen LogP contribution in [0.25, 0.3) is 22.3 Å². The number of H-pyrrole nitrogens is 1. The lowest BCUT2D eigenvalue weighted by Crippen LogP contribution is -2.37. The van der Waals surface area contributed by atoms with Gasteiger partial charge in [0.05, 0.1) is 29.9 Å². The number of hydrogen-bond acceptors (Lipinski definition) is 5. The summed E-state index contributed by atoms with van der Waals surface area (Å²) in [5.41, 5.74) is 1.32. The Morgan fingerprint density at radius 3 is 2.62 bits per heavy atom. The third kappa shape index (κ3) is 3.19. The molecule has 136 valence electrons. The van der Waals surface area contributed by atoms with Crippen LogP contribution in [0.15, 0.2) is 24.3 Å². The molecule has 0 aliphatic carbocycles. The first-order valence-corrected chi connectivity index (χ1v) is 8.23. The van der Waals surface area contributed by atoms with E-state index in [1.165, 1.54) is 12.1 Å². The van der Waals surface area contributed by atoms with Gasteiger partial charge >= 0.3 is 6.18 Å². The molecule has 3 heterocycles. The first kappa shape index (κ1) is 17.0. The van der Waals surface area contributed by atoms with Crippen LogP contribution in [0.1, 0.15) is 5.82 Å². The number of rotatable bonds is 2. The number of para-hydroxylation sites is 1. The zero-order valence-electron chi connectivity index (χ0n) is 13.3. The molecule has 4 rings (SSSR count). The average molecular weight is 384 g/mol. The fourth-order valence-corrected chi connectivity index (χ4v) is 3.00. The summed E-state index contributed by atoms with van der Waals surface area (Å²) in [5.74, 6) is -0.632. The number of morpholine rings is 1. The zero-order valence-corrected chi connectivity index (χ0v) is 14.1. The molecule has 3 aromatic rings. The molecule has 1 N–H and O–H groups in total. The number of alkyl halides is 3. The van der Waals surface area contributed by atoms with Crippen molar-refractivity contribution in [1.29, 1.82) is 0 Å². The Labute approximate surface area is 151 Å². The molecule has 0 spiro atoms. The van der Waals surface area contributed by atoms with Crippen LogP contribution in [0.4, 0.5) is 19.1 Å². The Balaban J connectivity index is 1.82. The van der Waals surface area contributed by atoms with E-state index in [-0.39, 0.29) is 16.2 Å². The van der Waals surface area contributed by atoms with E-state index in [1.807, 2.05) is 4.90 Å². The Morgan fingerprint density at radius 1 is 1.12 bits per heavy atom. The predicted molar refractivity (Wildman–Crippen MR) is 90.2 cm³/mol. The van der Waals surface area contributed by atoms with Crippen molar-refractivity contribution in [2.24, 2.45) is 0 Å². The van der Waals surface area contributed by atoms with Crippen LogP contribution in [0.2, 0.25) is 5.15 Å². The van der Waals surface area contributed by atoms with Crippen molar-refractivity contribution in [2.45, 2.75) is 6.18 Å². The molecule has 1 aliphatic rings.